The minimum Gasteiger partial charge on any atom is -0.357 e. The number of pyridine rings is 1. The second kappa shape index (κ2) is 8.49. The van der Waals surface area contributed by atoms with Gasteiger partial charge in [0.25, 0.3) is 5.56 Å². The monoisotopic (exact) mass is 405 g/mol. The maximum absolute atomic E-state index is 13.4. The van der Waals surface area contributed by atoms with Crippen molar-refractivity contribution in [2.45, 2.75) is 39.3 Å². The van der Waals surface area contributed by atoms with Gasteiger partial charge in [0.2, 0.25) is 5.95 Å². The van der Waals surface area contributed by atoms with Gasteiger partial charge < -0.3 is 14.9 Å². The first-order valence-electron chi connectivity index (χ1n) is 10.1. The fraction of sp³-hybridized carbons (Fsp3) is 0.261. The van der Waals surface area contributed by atoms with E-state index in [4.69, 9.17) is 0 Å². The predicted octanol–water partition coefficient (Wildman–Crippen LogP) is 4.57. The van der Waals surface area contributed by atoms with Crippen LogP contribution in [0.25, 0.3) is 22.2 Å². The van der Waals surface area contributed by atoms with Crippen LogP contribution in [0.2, 0.25) is 0 Å². The molecule has 6 nitrogen and oxygen atoms in total. The molecule has 0 aliphatic carbocycles. The fourth-order valence-electron chi connectivity index (χ4n) is 3.49. The first-order valence-corrected chi connectivity index (χ1v) is 10.1. The van der Waals surface area contributed by atoms with Crippen molar-refractivity contribution in [1.29, 1.82) is 0 Å². The van der Waals surface area contributed by atoms with Crippen molar-refractivity contribution < 1.29 is 4.39 Å². The summed E-state index contributed by atoms with van der Waals surface area (Å²) >= 11 is 0. The Labute approximate surface area is 173 Å². The molecule has 1 aromatic carbocycles. The Bertz CT molecular complexity index is 1230. The number of anilines is 1. The van der Waals surface area contributed by atoms with Gasteiger partial charge in [-0.15, -0.1) is 0 Å². The molecule has 0 saturated carbocycles. The maximum atomic E-state index is 13.4. The molecule has 0 spiro atoms. The van der Waals surface area contributed by atoms with Crippen LogP contribution in [0.3, 0.4) is 0 Å². The molecule has 3 aromatic heterocycles. The summed E-state index contributed by atoms with van der Waals surface area (Å²) in [5.74, 6) is 0.274. The Morgan fingerprint density at radius 1 is 1.13 bits per heavy atom. The molecule has 0 bridgehead atoms. The van der Waals surface area contributed by atoms with Gasteiger partial charge in [-0.25, -0.2) is 14.4 Å². The highest BCUT2D eigenvalue weighted by Crippen LogP contribution is 2.19. The molecule has 154 valence electrons. The molecule has 0 saturated heterocycles. The minimum atomic E-state index is -0.291. The number of aromatic nitrogens is 4. The summed E-state index contributed by atoms with van der Waals surface area (Å²) in [5, 5.41) is 4.24. The summed E-state index contributed by atoms with van der Waals surface area (Å²) in [5.41, 5.74) is 2.86. The van der Waals surface area contributed by atoms with E-state index in [0.717, 1.165) is 29.5 Å². The zero-order valence-electron chi connectivity index (χ0n) is 17.0. The first-order chi connectivity index (χ1) is 14.6. The van der Waals surface area contributed by atoms with Gasteiger partial charge >= 0.3 is 0 Å². The van der Waals surface area contributed by atoms with Crippen LogP contribution in [0.4, 0.5) is 10.3 Å². The van der Waals surface area contributed by atoms with E-state index in [0.29, 0.717) is 29.7 Å². The van der Waals surface area contributed by atoms with E-state index >= 15 is 0 Å². The van der Waals surface area contributed by atoms with Gasteiger partial charge in [0.1, 0.15) is 5.82 Å². The second-order valence-electron chi connectivity index (χ2n) is 7.33. The Balaban J connectivity index is 1.56. The summed E-state index contributed by atoms with van der Waals surface area (Å²) < 4.78 is 15.0. The summed E-state index contributed by atoms with van der Waals surface area (Å²) in [7, 11) is 0. The summed E-state index contributed by atoms with van der Waals surface area (Å²) in [6, 6.07) is 12.1. The minimum absolute atomic E-state index is 0.134. The normalized spacial score (nSPS) is 11.3. The highest BCUT2D eigenvalue weighted by atomic mass is 19.1. The molecule has 0 amide bonds. The van der Waals surface area contributed by atoms with E-state index in [1.54, 1.807) is 35.2 Å². The van der Waals surface area contributed by atoms with Crippen LogP contribution in [-0.2, 0) is 6.54 Å². The molecule has 0 fully saturated rings. The van der Waals surface area contributed by atoms with Crippen molar-refractivity contribution in [3.63, 3.8) is 0 Å². The third-order valence-electron chi connectivity index (χ3n) is 5.25. The van der Waals surface area contributed by atoms with Crippen molar-refractivity contribution in [1.82, 2.24) is 19.5 Å². The topological polar surface area (TPSA) is 75.6 Å². The lowest BCUT2D eigenvalue weighted by molar-refractivity contribution is 0.629. The molecule has 3 heterocycles. The van der Waals surface area contributed by atoms with Crippen LogP contribution < -0.4 is 10.9 Å². The third-order valence-corrected chi connectivity index (χ3v) is 5.25. The largest absolute Gasteiger partial charge is 0.357 e. The van der Waals surface area contributed by atoms with Gasteiger partial charge in [-0.1, -0.05) is 13.8 Å². The number of hydrogen-bond donors (Lipinski definition) is 2. The molecule has 0 atom stereocenters. The van der Waals surface area contributed by atoms with Crippen LogP contribution in [0.5, 0.6) is 0 Å². The van der Waals surface area contributed by atoms with E-state index in [2.05, 4.69) is 34.1 Å². The van der Waals surface area contributed by atoms with E-state index in [-0.39, 0.29) is 11.4 Å². The van der Waals surface area contributed by atoms with Gasteiger partial charge in [0.15, 0.2) is 0 Å². The molecule has 30 heavy (non-hydrogen) atoms. The number of halogens is 1. The van der Waals surface area contributed by atoms with Gasteiger partial charge in [0.05, 0.1) is 12.2 Å². The van der Waals surface area contributed by atoms with Crippen molar-refractivity contribution in [2.24, 2.45) is 0 Å². The number of H-pyrrole nitrogens is 1. The molecular formula is C23H24FN5O. The number of fused-ring (bicyclic) bond motifs is 1. The van der Waals surface area contributed by atoms with Crippen LogP contribution in [0.1, 0.15) is 32.4 Å². The van der Waals surface area contributed by atoms with E-state index in [9.17, 15) is 9.18 Å². The number of hydrogen-bond acceptors (Lipinski definition) is 4. The van der Waals surface area contributed by atoms with E-state index in [1.165, 1.54) is 12.1 Å². The Morgan fingerprint density at radius 3 is 2.73 bits per heavy atom. The molecule has 4 rings (SSSR count). The SMILES string of the molecule is CCC(CC)Nc1nccc(-c2ccn(Cc3cc4ccc(F)cc4[nH]3)c(=O)c2)n1. The summed E-state index contributed by atoms with van der Waals surface area (Å²) in [6.07, 6.45) is 5.42. The Hall–Kier alpha value is -3.48. The van der Waals surface area contributed by atoms with Crippen LogP contribution in [-0.4, -0.2) is 25.6 Å². The smallest absolute Gasteiger partial charge is 0.251 e. The third kappa shape index (κ3) is 4.25. The molecule has 0 unspecified atom stereocenters. The van der Waals surface area contributed by atoms with Gasteiger partial charge in [0, 0.05) is 41.3 Å². The molecule has 0 aliphatic rings. The molecule has 0 aliphatic heterocycles. The summed E-state index contributed by atoms with van der Waals surface area (Å²) in [4.78, 5) is 24.7. The van der Waals surface area contributed by atoms with Crippen LogP contribution in [0.15, 0.2) is 59.7 Å². The molecule has 0 radical (unpaired) electrons. The van der Waals surface area contributed by atoms with Gasteiger partial charge in [-0.3, -0.25) is 4.79 Å². The van der Waals surface area contributed by atoms with Crippen molar-refractivity contribution in [3.8, 4) is 11.3 Å². The van der Waals surface area contributed by atoms with Crippen LogP contribution >= 0.6 is 0 Å². The van der Waals surface area contributed by atoms with Crippen LogP contribution in [0, 0.1) is 5.82 Å². The number of rotatable bonds is 7. The maximum Gasteiger partial charge on any atom is 0.251 e. The Kier molecular flexibility index (Phi) is 5.61. The Morgan fingerprint density at radius 2 is 1.97 bits per heavy atom. The summed E-state index contributed by atoms with van der Waals surface area (Å²) in [6.45, 7) is 4.61. The fourth-order valence-corrected chi connectivity index (χ4v) is 3.49. The van der Waals surface area contributed by atoms with Crippen molar-refractivity contribution >= 4 is 16.9 Å². The number of benzene rings is 1. The zero-order valence-corrected chi connectivity index (χ0v) is 17.0. The number of aromatic amines is 1. The lowest BCUT2D eigenvalue weighted by atomic mass is 10.2. The molecular weight excluding hydrogens is 381 g/mol. The highest BCUT2D eigenvalue weighted by Gasteiger charge is 2.09. The molecule has 2 N–H and O–H groups in total. The lowest BCUT2D eigenvalue weighted by Gasteiger charge is -2.15. The predicted molar refractivity (Wildman–Crippen MR) is 117 cm³/mol. The average molecular weight is 405 g/mol. The van der Waals surface area contributed by atoms with Crippen molar-refractivity contribution in [3.05, 3.63) is 76.7 Å². The number of nitrogens with one attached hydrogen (secondary N) is 2. The average Bonchev–Trinajstić information content (AvgIpc) is 3.15. The first kappa shape index (κ1) is 19.8. The molecule has 7 heteroatoms. The van der Waals surface area contributed by atoms with E-state index in [1.807, 2.05) is 12.1 Å². The molecule has 4 aromatic rings. The quantitative estimate of drug-likeness (QED) is 0.472. The lowest BCUT2D eigenvalue weighted by Crippen LogP contribution is -2.20. The second-order valence-corrected chi connectivity index (χ2v) is 7.33. The van der Waals surface area contributed by atoms with Crippen molar-refractivity contribution in [2.75, 3.05) is 5.32 Å². The highest BCUT2D eigenvalue weighted by molar-refractivity contribution is 5.80. The van der Waals surface area contributed by atoms with E-state index < -0.39 is 0 Å². The zero-order chi connectivity index (χ0) is 21.1. The standard InChI is InChI=1S/C23H24FN5O/c1-3-18(4-2)27-23-25-9-7-20(28-23)16-8-10-29(22(30)12-16)14-19-11-15-5-6-17(24)13-21(15)26-19/h5-13,18,26H,3-4,14H2,1-2H3,(H,25,27,28). The van der Waals surface area contributed by atoms with Gasteiger partial charge in [-0.2, -0.15) is 0 Å². The van der Waals surface area contributed by atoms with Gasteiger partial charge in [-0.05, 0) is 54.6 Å². The number of nitrogens with zero attached hydrogens (tertiary/aromatic N) is 3.